The minimum Gasteiger partial charge on any atom is -0.445 e. The van der Waals surface area contributed by atoms with Crippen LogP contribution in [0.5, 0.6) is 0 Å². The normalized spacial score (nSPS) is 21.7. The lowest BCUT2D eigenvalue weighted by Crippen LogP contribution is -2.27. The summed E-state index contributed by atoms with van der Waals surface area (Å²) in [4.78, 5) is 11.7. The maximum absolute atomic E-state index is 11.7. The maximum Gasteiger partial charge on any atom is 0.407 e. The van der Waals surface area contributed by atoms with E-state index in [0.717, 1.165) is 12.0 Å². The van der Waals surface area contributed by atoms with Gasteiger partial charge in [-0.05, 0) is 23.8 Å². The summed E-state index contributed by atoms with van der Waals surface area (Å²) in [6.07, 6.45) is 11.0. The summed E-state index contributed by atoms with van der Waals surface area (Å²) in [5.41, 5.74) is 2.30. The third-order valence-electron chi connectivity index (χ3n) is 3.92. The maximum atomic E-state index is 11.7. The van der Waals surface area contributed by atoms with E-state index < -0.39 is 0 Å². The lowest BCUT2D eigenvalue weighted by Gasteiger charge is -2.18. The van der Waals surface area contributed by atoms with E-state index in [2.05, 4.69) is 41.1 Å². The molecule has 22 heavy (non-hydrogen) atoms. The average molecular weight is 296 g/mol. The predicted octanol–water partition coefficient (Wildman–Crippen LogP) is 2.90. The second kappa shape index (κ2) is 6.98. The average Bonchev–Trinajstić information content (AvgIpc) is 2.97. The molecule has 1 heterocycles. The number of carbonyl (C=O) groups is 1. The zero-order chi connectivity index (χ0) is 15.2. The topological polar surface area (TPSA) is 50.4 Å². The fourth-order valence-electron chi connectivity index (χ4n) is 2.74. The van der Waals surface area contributed by atoms with Crippen LogP contribution in [0.2, 0.25) is 0 Å². The number of amides is 1. The molecule has 1 amide bonds. The van der Waals surface area contributed by atoms with Crippen molar-refractivity contribution in [2.24, 2.45) is 5.92 Å². The van der Waals surface area contributed by atoms with Gasteiger partial charge >= 0.3 is 6.09 Å². The first-order chi connectivity index (χ1) is 10.8. The first-order valence-corrected chi connectivity index (χ1v) is 7.57. The van der Waals surface area contributed by atoms with E-state index in [9.17, 15) is 4.79 Å². The van der Waals surface area contributed by atoms with Crippen molar-refractivity contribution in [3.8, 4) is 0 Å². The summed E-state index contributed by atoms with van der Waals surface area (Å²) in [5, 5.41) is 6.15. The molecule has 4 nitrogen and oxygen atoms in total. The largest absolute Gasteiger partial charge is 0.445 e. The molecular formula is C18H20N2O2. The van der Waals surface area contributed by atoms with Gasteiger partial charge in [0.05, 0.1) is 6.04 Å². The highest BCUT2D eigenvalue weighted by atomic mass is 16.5. The Hall–Kier alpha value is -2.49. The summed E-state index contributed by atoms with van der Waals surface area (Å²) in [7, 11) is 0. The monoisotopic (exact) mass is 296 g/mol. The molecule has 0 spiro atoms. The summed E-state index contributed by atoms with van der Waals surface area (Å²) in [6.45, 7) is 0.886. The van der Waals surface area contributed by atoms with Crippen LogP contribution in [0.3, 0.4) is 0 Å². The van der Waals surface area contributed by atoms with Crippen LogP contribution in [0, 0.1) is 5.92 Å². The van der Waals surface area contributed by atoms with Gasteiger partial charge < -0.3 is 15.4 Å². The van der Waals surface area contributed by atoms with Gasteiger partial charge in [-0.1, -0.05) is 54.6 Å². The summed E-state index contributed by atoms with van der Waals surface area (Å²) in [5.74, 6) is 0.409. The van der Waals surface area contributed by atoms with Crippen LogP contribution >= 0.6 is 0 Å². The first-order valence-electron chi connectivity index (χ1n) is 7.57. The minimum atomic E-state index is -0.369. The van der Waals surface area contributed by atoms with Gasteiger partial charge in [-0.3, -0.25) is 0 Å². The summed E-state index contributed by atoms with van der Waals surface area (Å²) in [6, 6.07) is 10.0. The molecule has 3 rings (SSSR count). The smallest absolute Gasteiger partial charge is 0.407 e. The molecular weight excluding hydrogens is 276 g/mol. The number of fused-ring (bicyclic) bond motifs is 1. The van der Waals surface area contributed by atoms with Gasteiger partial charge in [0.15, 0.2) is 0 Å². The Bertz CT molecular complexity index is 605. The van der Waals surface area contributed by atoms with Crippen LogP contribution in [0.25, 0.3) is 0 Å². The van der Waals surface area contributed by atoms with E-state index in [4.69, 9.17) is 4.74 Å². The number of nitrogens with one attached hydrogen (secondary N) is 2. The van der Waals surface area contributed by atoms with Gasteiger partial charge in [0.1, 0.15) is 6.61 Å². The van der Waals surface area contributed by atoms with Gasteiger partial charge in [0.2, 0.25) is 0 Å². The number of hydrogen-bond donors (Lipinski definition) is 2. The Kier molecular flexibility index (Phi) is 4.59. The lowest BCUT2D eigenvalue weighted by atomic mass is 9.90. The first kappa shape index (κ1) is 14.4. The van der Waals surface area contributed by atoms with Gasteiger partial charge in [-0.15, -0.1) is 0 Å². The van der Waals surface area contributed by atoms with Crippen molar-refractivity contribution in [2.45, 2.75) is 19.1 Å². The molecule has 1 aliphatic heterocycles. The number of allylic oxidation sites excluding steroid dienone is 2. The summed E-state index contributed by atoms with van der Waals surface area (Å²) < 4.78 is 5.19. The van der Waals surface area contributed by atoms with E-state index >= 15 is 0 Å². The van der Waals surface area contributed by atoms with Crippen LogP contribution in [-0.4, -0.2) is 18.7 Å². The van der Waals surface area contributed by atoms with Crippen molar-refractivity contribution in [3.63, 3.8) is 0 Å². The van der Waals surface area contributed by atoms with Gasteiger partial charge in [-0.25, -0.2) is 4.79 Å². The highest BCUT2D eigenvalue weighted by molar-refractivity contribution is 5.67. The van der Waals surface area contributed by atoms with Gasteiger partial charge in [-0.2, -0.15) is 0 Å². The molecule has 2 N–H and O–H groups in total. The number of hydrogen-bond acceptors (Lipinski definition) is 3. The number of ether oxygens (including phenoxy) is 1. The van der Waals surface area contributed by atoms with Crippen LogP contribution < -0.4 is 10.6 Å². The van der Waals surface area contributed by atoms with E-state index in [-0.39, 0.29) is 6.09 Å². The van der Waals surface area contributed by atoms with Crippen LogP contribution in [0.4, 0.5) is 4.79 Å². The molecule has 2 atom stereocenters. The Morgan fingerprint density at radius 1 is 1.18 bits per heavy atom. The second-order valence-corrected chi connectivity index (χ2v) is 5.45. The van der Waals surface area contributed by atoms with Crippen LogP contribution in [0.15, 0.2) is 66.4 Å². The third-order valence-corrected chi connectivity index (χ3v) is 3.92. The molecule has 1 aliphatic carbocycles. The zero-order valence-corrected chi connectivity index (χ0v) is 12.4. The zero-order valence-electron chi connectivity index (χ0n) is 12.4. The van der Waals surface area contributed by atoms with E-state index in [0.29, 0.717) is 25.1 Å². The fraction of sp³-hybridized carbons (Fsp3) is 0.278. The Morgan fingerprint density at radius 2 is 2.00 bits per heavy atom. The predicted molar refractivity (Wildman–Crippen MR) is 86.0 cm³/mol. The molecule has 0 fully saturated rings. The highest BCUT2D eigenvalue weighted by Crippen LogP contribution is 2.27. The van der Waals surface area contributed by atoms with Crippen molar-refractivity contribution < 1.29 is 9.53 Å². The molecule has 1 aromatic carbocycles. The minimum absolute atomic E-state index is 0.301. The molecule has 2 unspecified atom stereocenters. The SMILES string of the molecule is O=C(NCCC1=CNC2C=CC=CC12)OCc1ccccc1. The molecule has 0 radical (unpaired) electrons. The molecule has 0 bridgehead atoms. The molecule has 0 aromatic heterocycles. The number of alkyl carbamates (subject to hydrolysis) is 1. The molecule has 0 saturated carbocycles. The van der Waals surface area contributed by atoms with Crippen molar-refractivity contribution in [1.29, 1.82) is 0 Å². The Morgan fingerprint density at radius 3 is 2.86 bits per heavy atom. The van der Waals surface area contributed by atoms with E-state index in [1.54, 1.807) is 0 Å². The van der Waals surface area contributed by atoms with Crippen molar-refractivity contribution in [1.82, 2.24) is 10.6 Å². The van der Waals surface area contributed by atoms with E-state index in [1.807, 2.05) is 30.3 Å². The lowest BCUT2D eigenvalue weighted by molar-refractivity contribution is 0.140. The van der Waals surface area contributed by atoms with Crippen LogP contribution in [-0.2, 0) is 11.3 Å². The van der Waals surface area contributed by atoms with Crippen molar-refractivity contribution in [2.75, 3.05) is 6.54 Å². The number of rotatable bonds is 5. The summed E-state index contributed by atoms with van der Waals surface area (Å²) >= 11 is 0. The van der Waals surface area contributed by atoms with Crippen LogP contribution in [0.1, 0.15) is 12.0 Å². The molecule has 1 aromatic rings. The molecule has 0 saturated heterocycles. The van der Waals surface area contributed by atoms with Crippen molar-refractivity contribution in [3.05, 3.63) is 72.0 Å². The molecule has 114 valence electrons. The quantitative estimate of drug-likeness (QED) is 0.878. The Labute approximate surface area is 130 Å². The molecule has 4 heteroatoms. The number of carbonyl (C=O) groups excluding carboxylic acids is 1. The third kappa shape index (κ3) is 3.58. The standard InChI is InChI=1S/C18H20N2O2/c21-18(22-13-14-6-2-1-3-7-14)19-11-10-15-12-20-17-9-5-4-8-16(15)17/h1-9,12,16-17,20H,10-11,13H2,(H,19,21). The van der Waals surface area contributed by atoms with E-state index in [1.165, 1.54) is 5.57 Å². The Balaban J connectivity index is 1.37. The van der Waals surface area contributed by atoms with Gasteiger partial charge in [0.25, 0.3) is 0 Å². The number of benzene rings is 1. The fourth-order valence-corrected chi connectivity index (χ4v) is 2.74. The molecule has 2 aliphatic rings. The second-order valence-electron chi connectivity index (χ2n) is 5.45. The van der Waals surface area contributed by atoms with Gasteiger partial charge in [0, 0.05) is 12.5 Å². The highest BCUT2D eigenvalue weighted by Gasteiger charge is 2.26. The van der Waals surface area contributed by atoms with Crippen molar-refractivity contribution >= 4 is 6.09 Å².